The number of nitrogens with zero attached hydrogens (tertiary/aromatic N) is 2. The van der Waals surface area contributed by atoms with E-state index in [0.29, 0.717) is 45.0 Å². The fourth-order valence-electron chi connectivity index (χ4n) is 4.77. The molecule has 2 aromatic rings. The van der Waals surface area contributed by atoms with Crippen LogP contribution in [0.2, 0.25) is 0 Å². The summed E-state index contributed by atoms with van der Waals surface area (Å²) in [5.41, 5.74) is 2.57. The third-order valence-electron chi connectivity index (χ3n) is 6.54. The smallest absolute Gasteiger partial charge is 0.251 e. The summed E-state index contributed by atoms with van der Waals surface area (Å²) in [6, 6.07) is 12.2. The van der Waals surface area contributed by atoms with Crippen LogP contribution in [-0.2, 0) is 20.7 Å². The first-order chi connectivity index (χ1) is 15.5. The molecular formula is C26H33N3O3. The Kier molecular flexibility index (Phi) is 6.89. The van der Waals surface area contributed by atoms with Crippen molar-refractivity contribution in [3.8, 4) is 11.1 Å². The van der Waals surface area contributed by atoms with Crippen LogP contribution in [0.5, 0.6) is 0 Å². The van der Waals surface area contributed by atoms with Gasteiger partial charge in [0, 0.05) is 44.2 Å². The Labute approximate surface area is 190 Å². The first kappa shape index (κ1) is 22.5. The van der Waals surface area contributed by atoms with E-state index < -0.39 is 5.41 Å². The zero-order valence-corrected chi connectivity index (χ0v) is 19.0. The Bertz CT molecular complexity index is 940. The molecule has 0 saturated carbocycles. The van der Waals surface area contributed by atoms with Gasteiger partial charge in [-0.1, -0.05) is 44.2 Å². The first-order valence-corrected chi connectivity index (χ1v) is 11.7. The average molecular weight is 436 g/mol. The molecule has 0 aliphatic carbocycles. The van der Waals surface area contributed by atoms with Gasteiger partial charge >= 0.3 is 0 Å². The van der Waals surface area contributed by atoms with Gasteiger partial charge in [0.2, 0.25) is 5.91 Å². The molecule has 4 rings (SSSR count). The number of nitrogens with one attached hydrogen (secondary N) is 1. The van der Waals surface area contributed by atoms with Crippen molar-refractivity contribution in [1.82, 2.24) is 15.2 Å². The lowest BCUT2D eigenvalue weighted by Gasteiger charge is -2.30. The molecule has 32 heavy (non-hydrogen) atoms. The third kappa shape index (κ3) is 4.85. The van der Waals surface area contributed by atoms with Gasteiger partial charge in [-0.2, -0.15) is 0 Å². The number of carbonyl (C=O) groups excluding carboxylic acids is 2. The summed E-state index contributed by atoms with van der Waals surface area (Å²) in [7, 11) is 0. The van der Waals surface area contributed by atoms with Gasteiger partial charge in [0.05, 0.1) is 5.41 Å². The molecule has 2 aliphatic rings. The topological polar surface area (TPSA) is 71.5 Å². The van der Waals surface area contributed by atoms with Crippen LogP contribution < -0.4 is 5.32 Å². The minimum atomic E-state index is -0.651. The molecule has 2 fully saturated rings. The van der Waals surface area contributed by atoms with E-state index in [4.69, 9.17) is 4.74 Å². The molecule has 2 saturated heterocycles. The van der Waals surface area contributed by atoms with Crippen LogP contribution in [0.4, 0.5) is 0 Å². The van der Waals surface area contributed by atoms with Gasteiger partial charge in [-0.15, -0.1) is 0 Å². The lowest BCUT2D eigenvalue weighted by molar-refractivity contribution is -0.141. The summed E-state index contributed by atoms with van der Waals surface area (Å²) in [6.45, 7) is 6.46. The molecule has 2 amide bonds. The second-order valence-electron chi connectivity index (χ2n) is 9.47. The molecule has 0 radical (unpaired) electrons. The summed E-state index contributed by atoms with van der Waals surface area (Å²) >= 11 is 0. The number of hydrogen-bond donors (Lipinski definition) is 1. The molecule has 0 spiro atoms. The SMILES string of the molecule is CC(C)CNC(=O)[C@@]1(Cc2ccccc2-c2cccnc2)CCN(C(=O)[C@@H]2CCCO2)C1. The number of carbonyl (C=O) groups is 2. The molecule has 0 bridgehead atoms. The summed E-state index contributed by atoms with van der Waals surface area (Å²) in [4.78, 5) is 32.7. The van der Waals surface area contributed by atoms with E-state index in [2.05, 4.69) is 36.3 Å². The van der Waals surface area contributed by atoms with E-state index in [1.807, 2.05) is 35.4 Å². The van der Waals surface area contributed by atoms with E-state index >= 15 is 0 Å². The number of benzene rings is 1. The summed E-state index contributed by atoms with van der Waals surface area (Å²) in [5.74, 6) is 0.432. The number of likely N-dealkylation sites (tertiary alicyclic amines) is 1. The molecule has 1 aromatic carbocycles. The highest BCUT2D eigenvalue weighted by molar-refractivity contribution is 5.87. The molecule has 0 unspecified atom stereocenters. The van der Waals surface area contributed by atoms with Crippen LogP contribution in [-0.4, -0.2) is 54.0 Å². The number of rotatable bonds is 7. The predicted octanol–water partition coefficient (Wildman–Crippen LogP) is 3.46. The fraction of sp³-hybridized carbons (Fsp3) is 0.500. The minimum absolute atomic E-state index is 0.0292. The zero-order valence-electron chi connectivity index (χ0n) is 19.0. The summed E-state index contributed by atoms with van der Waals surface area (Å²) in [6.07, 6.45) is 6.18. The van der Waals surface area contributed by atoms with Gasteiger partial charge in [-0.3, -0.25) is 14.6 Å². The molecule has 3 heterocycles. The summed E-state index contributed by atoms with van der Waals surface area (Å²) < 4.78 is 5.63. The number of hydrogen-bond acceptors (Lipinski definition) is 4. The van der Waals surface area contributed by atoms with E-state index in [1.165, 1.54) is 0 Å². The normalized spacial score (nSPS) is 23.0. The maximum absolute atomic E-state index is 13.5. The van der Waals surface area contributed by atoms with Gasteiger partial charge in [0.15, 0.2) is 0 Å². The van der Waals surface area contributed by atoms with Crippen LogP contribution in [0, 0.1) is 11.3 Å². The van der Waals surface area contributed by atoms with Gasteiger partial charge in [0.1, 0.15) is 6.10 Å². The van der Waals surface area contributed by atoms with Crippen LogP contribution in [0.15, 0.2) is 48.8 Å². The standard InChI is InChI=1S/C26H33N3O3/c1-19(2)16-28-25(31)26(11-13-29(18-26)24(30)23-10-6-14-32-23)15-20-7-3-4-9-22(20)21-8-5-12-27-17-21/h3-5,7-9,12,17,19,23H,6,10-11,13-16,18H2,1-2H3,(H,28,31)/t23-,26+/m0/s1. The highest BCUT2D eigenvalue weighted by Crippen LogP contribution is 2.38. The van der Waals surface area contributed by atoms with Crippen LogP contribution in [0.25, 0.3) is 11.1 Å². The Morgan fingerprint density at radius 1 is 1.25 bits per heavy atom. The van der Waals surface area contributed by atoms with Crippen molar-refractivity contribution in [1.29, 1.82) is 0 Å². The largest absolute Gasteiger partial charge is 0.368 e. The van der Waals surface area contributed by atoms with Crippen LogP contribution in [0.3, 0.4) is 0 Å². The summed E-state index contributed by atoms with van der Waals surface area (Å²) in [5, 5.41) is 3.15. The van der Waals surface area contributed by atoms with Crippen molar-refractivity contribution < 1.29 is 14.3 Å². The molecule has 2 atom stereocenters. The highest BCUT2D eigenvalue weighted by atomic mass is 16.5. The van der Waals surface area contributed by atoms with Crippen molar-refractivity contribution in [2.45, 2.75) is 45.6 Å². The number of pyridine rings is 1. The molecule has 2 aliphatic heterocycles. The molecule has 6 heteroatoms. The van der Waals surface area contributed by atoms with Gasteiger partial charge in [0.25, 0.3) is 5.91 Å². The molecule has 6 nitrogen and oxygen atoms in total. The van der Waals surface area contributed by atoms with E-state index in [9.17, 15) is 9.59 Å². The Morgan fingerprint density at radius 2 is 2.09 bits per heavy atom. The van der Waals surface area contributed by atoms with Gasteiger partial charge in [-0.05, 0) is 48.8 Å². The minimum Gasteiger partial charge on any atom is -0.368 e. The molecule has 1 N–H and O–H groups in total. The average Bonchev–Trinajstić information content (AvgIpc) is 3.49. The molecular weight excluding hydrogens is 402 g/mol. The Morgan fingerprint density at radius 3 is 2.81 bits per heavy atom. The van der Waals surface area contributed by atoms with Crippen molar-refractivity contribution in [3.63, 3.8) is 0 Å². The maximum atomic E-state index is 13.5. The highest BCUT2D eigenvalue weighted by Gasteiger charge is 2.47. The third-order valence-corrected chi connectivity index (χ3v) is 6.54. The lowest BCUT2D eigenvalue weighted by atomic mass is 9.78. The number of amides is 2. The Hall–Kier alpha value is -2.73. The van der Waals surface area contributed by atoms with Crippen molar-refractivity contribution in [3.05, 3.63) is 54.4 Å². The maximum Gasteiger partial charge on any atom is 0.251 e. The zero-order chi connectivity index (χ0) is 22.6. The van der Waals surface area contributed by atoms with Gasteiger partial charge < -0.3 is 15.0 Å². The van der Waals surface area contributed by atoms with E-state index in [0.717, 1.165) is 29.5 Å². The first-order valence-electron chi connectivity index (χ1n) is 11.7. The fourth-order valence-corrected chi connectivity index (χ4v) is 4.77. The lowest BCUT2D eigenvalue weighted by Crippen LogP contribution is -2.47. The van der Waals surface area contributed by atoms with Crippen LogP contribution in [0.1, 0.15) is 38.7 Å². The van der Waals surface area contributed by atoms with Crippen LogP contribution >= 0.6 is 0 Å². The quantitative estimate of drug-likeness (QED) is 0.723. The predicted molar refractivity (Wildman–Crippen MR) is 124 cm³/mol. The second kappa shape index (κ2) is 9.82. The van der Waals surface area contributed by atoms with Crippen molar-refractivity contribution in [2.24, 2.45) is 11.3 Å². The monoisotopic (exact) mass is 435 g/mol. The van der Waals surface area contributed by atoms with E-state index in [1.54, 1.807) is 6.20 Å². The van der Waals surface area contributed by atoms with Crippen molar-refractivity contribution >= 4 is 11.8 Å². The molecule has 170 valence electrons. The number of ether oxygens (including phenoxy) is 1. The van der Waals surface area contributed by atoms with E-state index in [-0.39, 0.29) is 17.9 Å². The molecule has 1 aromatic heterocycles. The Balaban J connectivity index is 1.61. The second-order valence-corrected chi connectivity index (χ2v) is 9.47. The van der Waals surface area contributed by atoms with Crippen molar-refractivity contribution in [2.75, 3.05) is 26.2 Å². The number of aromatic nitrogens is 1. The van der Waals surface area contributed by atoms with Gasteiger partial charge in [-0.25, -0.2) is 0 Å².